The standard InChI is InChI=1S/C20H18BrNO/c1-20(23,16-10-12-17(21)13-11-16)19(15-7-3-2-4-8-15)18-9-5-6-14-22-18/h2-14,19,23H,1H3/t19-,20-/m0/s1. The number of hydrogen-bond acceptors (Lipinski definition) is 2. The molecule has 0 unspecified atom stereocenters. The van der Waals surface area contributed by atoms with Gasteiger partial charge in [-0.15, -0.1) is 0 Å². The number of benzene rings is 2. The van der Waals surface area contributed by atoms with E-state index in [1.807, 2.05) is 79.7 Å². The molecule has 3 heteroatoms. The van der Waals surface area contributed by atoms with E-state index in [2.05, 4.69) is 20.9 Å². The number of pyridine rings is 1. The van der Waals surface area contributed by atoms with E-state index < -0.39 is 5.60 Å². The third kappa shape index (κ3) is 3.36. The molecule has 0 saturated carbocycles. The van der Waals surface area contributed by atoms with Crippen LogP contribution < -0.4 is 0 Å². The number of rotatable bonds is 4. The van der Waals surface area contributed by atoms with Crippen molar-refractivity contribution < 1.29 is 5.11 Å². The highest BCUT2D eigenvalue weighted by molar-refractivity contribution is 9.10. The maximum Gasteiger partial charge on any atom is 0.0992 e. The maximum absolute atomic E-state index is 11.4. The van der Waals surface area contributed by atoms with E-state index in [4.69, 9.17) is 0 Å². The molecule has 1 heterocycles. The summed E-state index contributed by atoms with van der Waals surface area (Å²) < 4.78 is 0.992. The Hall–Kier alpha value is -1.97. The second-order valence-corrected chi connectivity index (χ2v) is 6.67. The minimum atomic E-state index is -1.07. The molecule has 1 N–H and O–H groups in total. The molecule has 0 amide bonds. The van der Waals surface area contributed by atoms with Crippen LogP contribution >= 0.6 is 15.9 Å². The highest BCUT2D eigenvalue weighted by atomic mass is 79.9. The molecule has 0 aliphatic carbocycles. The third-order valence-corrected chi connectivity index (χ3v) is 4.64. The Morgan fingerprint density at radius 1 is 0.913 bits per heavy atom. The Kier molecular flexibility index (Phi) is 4.60. The lowest BCUT2D eigenvalue weighted by Gasteiger charge is -2.33. The van der Waals surface area contributed by atoms with E-state index in [9.17, 15) is 5.11 Å². The van der Waals surface area contributed by atoms with Gasteiger partial charge in [-0.05, 0) is 42.3 Å². The van der Waals surface area contributed by atoms with Crippen LogP contribution in [0.5, 0.6) is 0 Å². The molecule has 0 saturated heterocycles. The van der Waals surface area contributed by atoms with Gasteiger partial charge in [0, 0.05) is 10.7 Å². The van der Waals surface area contributed by atoms with Gasteiger partial charge in [0.2, 0.25) is 0 Å². The molecular formula is C20H18BrNO. The van der Waals surface area contributed by atoms with E-state index in [1.165, 1.54) is 0 Å². The highest BCUT2D eigenvalue weighted by Gasteiger charge is 2.36. The van der Waals surface area contributed by atoms with E-state index in [0.29, 0.717) is 0 Å². The number of hydrogen-bond donors (Lipinski definition) is 1. The summed E-state index contributed by atoms with van der Waals surface area (Å²) in [5.74, 6) is -0.244. The lowest BCUT2D eigenvalue weighted by Crippen LogP contribution is -2.31. The smallest absolute Gasteiger partial charge is 0.0992 e. The Morgan fingerprint density at radius 2 is 1.57 bits per heavy atom. The predicted octanol–water partition coefficient (Wildman–Crippen LogP) is 4.88. The second-order valence-electron chi connectivity index (χ2n) is 5.75. The molecule has 0 radical (unpaired) electrons. The van der Waals surface area contributed by atoms with Crippen molar-refractivity contribution in [1.82, 2.24) is 4.98 Å². The molecule has 2 nitrogen and oxygen atoms in total. The van der Waals surface area contributed by atoms with Crippen molar-refractivity contribution >= 4 is 15.9 Å². The zero-order chi connectivity index (χ0) is 16.3. The van der Waals surface area contributed by atoms with Gasteiger partial charge in [0.25, 0.3) is 0 Å². The maximum atomic E-state index is 11.4. The fourth-order valence-electron chi connectivity index (χ4n) is 2.93. The van der Waals surface area contributed by atoms with Crippen LogP contribution in [-0.2, 0) is 5.60 Å². The Bertz CT molecular complexity index is 715. The fraction of sp³-hybridized carbons (Fsp3) is 0.150. The van der Waals surface area contributed by atoms with Crippen LogP contribution in [0.2, 0.25) is 0 Å². The molecule has 0 fully saturated rings. The first kappa shape index (κ1) is 15.9. The van der Waals surface area contributed by atoms with Crippen molar-refractivity contribution in [2.45, 2.75) is 18.4 Å². The van der Waals surface area contributed by atoms with Crippen LogP contribution in [0.3, 0.4) is 0 Å². The normalized spacial score (nSPS) is 14.9. The Labute approximate surface area is 145 Å². The van der Waals surface area contributed by atoms with Gasteiger partial charge in [-0.25, -0.2) is 0 Å². The molecule has 0 bridgehead atoms. The molecule has 0 spiro atoms. The van der Waals surface area contributed by atoms with Crippen LogP contribution in [0, 0.1) is 0 Å². The number of nitrogens with zero attached hydrogens (tertiary/aromatic N) is 1. The van der Waals surface area contributed by atoms with E-state index in [0.717, 1.165) is 21.3 Å². The molecule has 0 aliphatic rings. The van der Waals surface area contributed by atoms with Crippen LogP contribution in [-0.4, -0.2) is 10.1 Å². The Morgan fingerprint density at radius 3 is 2.17 bits per heavy atom. The largest absolute Gasteiger partial charge is 0.384 e. The summed E-state index contributed by atoms with van der Waals surface area (Å²) in [6.45, 7) is 1.85. The minimum absolute atomic E-state index is 0.244. The van der Waals surface area contributed by atoms with Crippen LogP contribution in [0.15, 0.2) is 83.5 Å². The zero-order valence-electron chi connectivity index (χ0n) is 12.9. The van der Waals surface area contributed by atoms with Gasteiger partial charge >= 0.3 is 0 Å². The minimum Gasteiger partial charge on any atom is -0.384 e. The molecular weight excluding hydrogens is 350 g/mol. The first-order valence-electron chi connectivity index (χ1n) is 7.53. The molecule has 23 heavy (non-hydrogen) atoms. The van der Waals surface area contributed by atoms with Crippen LogP contribution in [0.25, 0.3) is 0 Å². The monoisotopic (exact) mass is 367 g/mol. The van der Waals surface area contributed by atoms with Crippen molar-refractivity contribution in [3.8, 4) is 0 Å². The number of halogens is 1. The predicted molar refractivity (Wildman–Crippen MR) is 96.2 cm³/mol. The Balaban J connectivity index is 2.13. The number of aliphatic hydroxyl groups is 1. The lowest BCUT2D eigenvalue weighted by atomic mass is 9.76. The second kappa shape index (κ2) is 6.65. The summed E-state index contributed by atoms with van der Waals surface area (Å²) in [4.78, 5) is 4.50. The van der Waals surface area contributed by atoms with Crippen LogP contribution in [0.1, 0.15) is 29.7 Å². The summed E-state index contributed by atoms with van der Waals surface area (Å²) in [5.41, 5.74) is 1.68. The molecule has 1 aromatic heterocycles. The zero-order valence-corrected chi connectivity index (χ0v) is 14.4. The molecule has 3 aromatic rings. The van der Waals surface area contributed by atoms with Gasteiger partial charge in [-0.2, -0.15) is 0 Å². The van der Waals surface area contributed by atoms with E-state index >= 15 is 0 Å². The first-order valence-corrected chi connectivity index (χ1v) is 8.32. The summed E-state index contributed by atoms with van der Waals surface area (Å²) in [7, 11) is 0. The first-order chi connectivity index (χ1) is 11.1. The van der Waals surface area contributed by atoms with Gasteiger partial charge in [-0.1, -0.05) is 64.5 Å². The van der Waals surface area contributed by atoms with E-state index in [1.54, 1.807) is 6.20 Å². The van der Waals surface area contributed by atoms with Gasteiger partial charge in [0.15, 0.2) is 0 Å². The SMILES string of the molecule is C[C@](O)(c1ccc(Br)cc1)[C@@H](c1ccccc1)c1ccccn1. The van der Waals surface area contributed by atoms with Crippen molar-refractivity contribution in [2.75, 3.05) is 0 Å². The van der Waals surface area contributed by atoms with Crippen molar-refractivity contribution in [3.63, 3.8) is 0 Å². The molecule has 2 aromatic carbocycles. The third-order valence-electron chi connectivity index (χ3n) is 4.11. The average Bonchev–Trinajstić information content (AvgIpc) is 2.57. The summed E-state index contributed by atoms with van der Waals surface area (Å²) in [6, 6.07) is 23.6. The summed E-state index contributed by atoms with van der Waals surface area (Å²) >= 11 is 3.45. The number of aromatic nitrogens is 1. The highest BCUT2D eigenvalue weighted by Crippen LogP contribution is 2.40. The van der Waals surface area contributed by atoms with Gasteiger partial charge in [0.05, 0.1) is 17.2 Å². The van der Waals surface area contributed by atoms with Crippen molar-refractivity contribution in [1.29, 1.82) is 0 Å². The molecule has 116 valence electrons. The van der Waals surface area contributed by atoms with E-state index in [-0.39, 0.29) is 5.92 Å². The van der Waals surface area contributed by atoms with Crippen LogP contribution in [0.4, 0.5) is 0 Å². The fourth-order valence-corrected chi connectivity index (χ4v) is 3.19. The quantitative estimate of drug-likeness (QED) is 0.712. The average molecular weight is 368 g/mol. The molecule has 3 rings (SSSR count). The summed E-state index contributed by atoms with van der Waals surface area (Å²) in [6.07, 6.45) is 1.77. The van der Waals surface area contributed by atoms with Gasteiger partial charge < -0.3 is 5.11 Å². The topological polar surface area (TPSA) is 33.1 Å². The van der Waals surface area contributed by atoms with Crippen molar-refractivity contribution in [2.24, 2.45) is 0 Å². The molecule has 0 aliphatic heterocycles. The lowest BCUT2D eigenvalue weighted by molar-refractivity contribution is 0.0380. The molecule has 2 atom stereocenters. The summed E-state index contributed by atoms with van der Waals surface area (Å²) in [5, 5.41) is 11.4. The van der Waals surface area contributed by atoms with Gasteiger partial charge in [0.1, 0.15) is 0 Å². The van der Waals surface area contributed by atoms with Crippen molar-refractivity contribution in [3.05, 3.63) is 100 Å². The van der Waals surface area contributed by atoms with Gasteiger partial charge in [-0.3, -0.25) is 4.98 Å².